The number of nitrogens with one attached hydrogen (secondary N) is 1. The van der Waals surface area contributed by atoms with E-state index in [4.69, 9.17) is 21.7 Å². The van der Waals surface area contributed by atoms with E-state index in [1.54, 1.807) is 36.9 Å². The number of aromatic nitrogens is 4. The number of carbonyl (C=O) groups excluding carboxylic acids is 1. The third-order valence-electron chi connectivity index (χ3n) is 6.14. The Hall–Kier alpha value is -4.16. The Kier molecular flexibility index (Phi) is 6.56. The highest BCUT2D eigenvalue weighted by Crippen LogP contribution is 2.36. The number of carbonyl (C=O) groups is 1. The van der Waals surface area contributed by atoms with Gasteiger partial charge in [-0.15, -0.1) is 0 Å². The number of amides is 1. The lowest BCUT2D eigenvalue weighted by molar-refractivity contribution is -0.122. The summed E-state index contributed by atoms with van der Waals surface area (Å²) in [5, 5.41) is 3.29. The Morgan fingerprint density at radius 2 is 2.03 bits per heavy atom. The number of hydrogen-bond acceptors (Lipinski definition) is 9. The van der Waals surface area contributed by atoms with Crippen LogP contribution in [0.3, 0.4) is 0 Å². The molecular weight excluding hydrogens is 524 g/mol. The highest BCUT2D eigenvalue weighted by Gasteiger charge is 2.33. The zero-order valence-corrected chi connectivity index (χ0v) is 21.7. The summed E-state index contributed by atoms with van der Waals surface area (Å²) >= 11 is 6.70. The van der Waals surface area contributed by atoms with E-state index in [9.17, 15) is 9.59 Å². The second-order valence-corrected chi connectivity index (χ2v) is 10.3. The van der Waals surface area contributed by atoms with Gasteiger partial charge in [-0.1, -0.05) is 36.1 Å². The van der Waals surface area contributed by atoms with Crippen LogP contribution in [0.5, 0.6) is 11.5 Å². The number of hydrogen-bond donors (Lipinski definition) is 1. The average Bonchev–Trinajstić information content (AvgIpc) is 3.67. The van der Waals surface area contributed by atoms with Crippen molar-refractivity contribution in [3.05, 3.63) is 87.7 Å². The fraction of sp³-hybridized carbons (Fsp3) is 0.192. The maximum Gasteiger partial charge on any atom is 0.267 e. The fourth-order valence-corrected chi connectivity index (χ4v) is 5.48. The van der Waals surface area contributed by atoms with E-state index in [0.717, 1.165) is 18.5 Å². The average molecular weight is 547 g/mol. The SMILES string of the molecule is O=C1C(=Cc2c(NCCCn3ccnc3)nc3ccccn3c2=O)SC(=S)N1Cc1ccc2c(c1)OCO2. The highest BCUT2D eigenvalue weighted by molar-refractivity contribution is 8.26. The van der Waals surface area contributed by atoms with Gasteiger partial charge in [-0.3, -0.25) is 18.9 Å². The van der Waals surface area contributed by atoms with Gasteiger partial charge in [0.1, 0.15) is 15.8 Å². The fourth-order valence-electron chi connectivity index (χ4n) is 4.24. The summed E-state index contributed by atoms with van der Waals surface area (Å²) in [6.07, 6.45) is 9.44. The lowest BCUT2D eigenvalue weighted by Crippen LogP contribution is -2.27. The Morgan fingerprint density at radius 1 is 1.13 bits per heavy atom. The van der Waals surface area contributed by atoms with Crippen molar-refractivity contribution in [1.82, 2.24) is 23.8 Å². The molecule has 4 aromatic rings. The molecule has 2 aliphatic rings. The van der Waals surface area contributed by atoms with Crippen molar-refractivity contribution < 1.29 is 14.3 Å². The predicted octanol–water partition coefficient (Wildman–Crippen LogP) is 3.52. The van der Waals surface area contributed by atoms with Gasteiger partial charge in [0, 0.05) is 31.7 Å². The van der Waals surface area contributed by atoms with Gasteiger partial charge in [0.25, 0.3) is 11.5 Å². The number of fused-ring (bicyclic) bond motifs is 2. The van der Waals surface area contributed by atoms with Gasteiger partial charge in [-0.2, -0.15) is 0 Å². The van der Waals surface area contributed by atoms with Crippen LogP contribution in [0.2, 0.25) is 0 Å². The molecule has 10 nitrogen and oxygen atoms in total. The first-order chi connectivity index (χ1) is 18.6. The van der Waals surface area contributed by atoms with Gasteiger partial charge in [0.05, 0.1) is 23.3 Å². The molecule has 1 N–H and O–H groups in total. The zero-order chi connectivity index (χ0) is 26.1. The molecule has 0 saturated carbocycles. The van der Waals surface area contributed by atoms with Crippen LogP contribution in [-0.2, 0) is 17.9 Å². The molecule has 1 amide bonds. The first kappa shape index (κ1) is 24.2. The Labute approximate surface area is 226 Å². The molecule has 0 atom stereocenters. The van der Waals surface area contributed by atoms with Crippen LogP contribution in [-0.4, -0.2) is 47.4 Å². The van der Waals surface area contributed by atoms with Crippen molar-refractivity contribution in [2.45, 2.75) is 19.5 Å². The largest absolute Gasteiger partial charge is 0.454 e. The second-order valence-electron chi connectivity index (χ2n) is 8.64. The van der Waals surface area contributed by atoms with Gasteiger partial charge in [-0.25, -0.2) is 9.97 Å². The number of nitrogens with zero attached hydrogens (tertiary/aromatic N) is 5. The molecule has 0 bridgehead atoms. The Morgan fingerprint density at radius 3 is 2.89 bits per heavy atom. The van der Waals surface area contributed by atoms with Crippen molar-refractivity contribution >= 4 is 51.7 Å². The summed E-state index contributed by atoms with van der Waals surface area (Å²) in [6.45, 7) is 1.82. The topological polar surface area (TPSA) is 103 Å². The van der Waals surface area contributed by atoms with E-state index in [2.05, 4.69) is 15.3 Å². The summed E-state index contributed by atoms with van der Waals surface area (Å²) in [5.74, 6) is 1.48. The molecule has 0 spiro atoms. The molecule has 1 saturated heterocycles. The van der Waals surface area contributed by atoms with Crippen LogP contribution in [0.1, 0.15) is 17.5 Å². The summed E-state index contributed by atoms with van der Waals surface area (Å²) in [7, 11) is 0. The lowest BCUT2D eigenvalue weighted by Gasteiger charge is -2.15. The van der Waals surface area contributed by atoms with Crippen LogP contribution < -0.4 is 20.3 Å². The second kappa shape index (κ2) is 10.3. The van der Waals surface area contributed by atoms with Crippen LogP contribution in [0.15, 0.2) is 71.0 Å². The molecule has 0 unspecified atom stereocenters. The van der Waals surface area contributed by atoms with Crippen molar-refractivity contribution in [1.29, 1.82) is 0 Å². The van der Waals surface area contributed by atoms with E-state index in [1.165, 1.54) is 21.1 Å². The van der Waals surface area contributed by atoms with Crippen LogP contribution in [0, 0.1) is 0 Å². The van der Waals surface area contributed by atoms with Gasteiger partial charge in [-0.05, 0) is 42.3 Å². The van der Waals surface area contributed by atoms with E-state index in [-0.39, 0.29) is 24.8 Å². The molecule has 1 fully saturated rings. The monoisotopic (exact) mass is 546 g/mol. The third-order valence-corrected chi connectivity index (χ3v) is 7.52. The number of thiocarbonyl (C=S) groups is 1. The summed E-state index contributed by atoms with van der Waals surface area (Å²) in [6, 6.07) is 10.9. The maximum absolute atomic E-state index is 13.5. The van der Waals surface area contributed by atoms with Crippen LogP contribution in [0.4, 0.5) is 5.82 Å². The van der Waals surface area contributed by atoms with E-state index >= 15 is 0 Å². The standard InChI is InChI=1S/C26H22N6O4S2/c33-24-18(23(29-22-4-1-2-10-31(22)24)28-7-3-9-30-11-8-27-15-30)13-21-25(34)32(26(37)38-21)14-17-5-6-19-20(12-17)36-16-35-19/h1-2,4-6,8,10-13,15,28H,3,7,9,14,16H2. The molecule has 5 heterocycles. The molecule has 12 heteroatoms. The number of aryl methyl sites for hydroxylation is 1. The number of benzene rings is 1. The number of thioether (sulfide) groups is 1. The van der Waals surface area contributed by atoms with Crippen molar-refractivity contribution in [2.24, 2.45) is 0 Å². The number of rotatable bonds is 8. The first-order valence-electron chi connectivity index (χ1n) is 11.9. The Balaban J connectivity index is 1.27. The van der Waals surface area contributed by atoms with E-state index in [0.29, 0.717) is 44.3 Å². The molecule has 6 rings (SSSR count). The molecule has 0 aliphatic carbocycles. The summed E-state index contributed by atoms with van der Waals surface area (Å²) < 4.78 is 14.7. The van der Waals surface area contributed by atoms with Crippen LogP contribution >= 0.6 is 24.0 Å². The summed E-state index contributed by atoms with van der Waals surface area (Å²) in [5.41, 5.74) is 1.41. The van der Waals surface area contributed by atoms with E-state index in [1.807, 2.05) is 35.0 Å². The summed E-state index contributed by atoms with van der Waals surface area (Å²) in [4.78, 5) is 37.4. The van der Waals surface area contributed by atoms with Gasteiger partial charge < -0.3 is 19.4 Å². The highest BCUT2D eigenvalue weighted by atomic mass is 32.2. The zero-order valence-electron chi connectivity index (χ0n) is 20.1. The van der Waals surface area contributed by atoms with Crippen LogP contribution in [0.25, 0.3) is 11.7 Å². The Bertz CT molecular complexity index is 1630. The minimum Gasteiger partial charge on any atom is -0.454 e. The quantitative estimate of drug-likeness (QED) is 0.202. The van der Waals surface area contributed by atoms with Crippen molar-refractivity contribution in [3.63, 3.8) is 0 Å². The number of ether oxygens (including phenoxy) is 2. The minimum absolute atomic E-state index is 0.178. The predicted molar refractivity (Wildman–Crippen MR) is 148 cm³/mol. The van der Waals surface area contributed by atoms with Crippen molar-refractivity contribution in [2.75, 3.05) is 18.7 Å². The molecule has 2 aliphatic heterocycles. The van der Waals surface area contributed by atoms with E-state index < -0.39 is 0 Å². The molecule has 0 radical (unpaired) electrons. The number of anilines is 1. The lowest BCUT2D eigenvalue weighted by atomic mass is 10.2. The maximum atomic E-state index is 13.5. The minimum atomic E-state index is -0.270. The smallest absolute Gasteiger partial charge is 0.267 e. The number of imidazole rings is 1. The molecule has 1 aromatic carbocycles. The van der Waals surface area contributed by atoms with Gasteiger partial charge in [0.2, 0.25) is 6.79 Å². The molecular formula is C26H22N6O4S2. The van der Waals surface area contributed by atoms with Gasteiger partial charge in [0.15, 0.2) is 11.5 Å². The molecule has 192 valence electrons. The molecule has 38 heavy (non-hydrogen) atoms. The third kappa shape index (κ3) is 4.75. The van der Waals surface area contributed by atoms with Gasteiger partial charge >= 0.3 is 0 Å². The number of pyridine rings is 1. The molecule has 3 aromatic heterocycles. The first-order valence-corrected chi connectivity index (χ1v) is 13.1. The normalized spacial score (nSPS) is 15.7. The van der Waals surface area contributed by atoms with Crippen molar-refractivity contribution in [3.8, 4) is 11.5 Å².